The van der Waals surface area contributed by atoms with E-state index in [9.17, 15) is 26.4 Å². The highest BCUT2D eigenvalue weighted by Gasteiger charge is 2.31. The molecular weight excluding hydrogens is 429 g/mol. The van der Waals surface area contributed by atoms with Crippen LogP contribution < -0.4 is 0 Å². The molecule has 0 atom stereocenters. The lowest BCUT2D eigenvalue weighted by molar-refractivity contribution is -0.137. The third-order valence-corrected chi connectivity index (χ3v) is 7.19. The Balaban J connectivity index is 1.64. The van der Waals surface area contributed by atoms with Crippen LogP contribution in [-0.2, 0) is 21.0 Å². The number of piperazine rings is 1. The van der Waals surface area contributed by atoms with E-state index in [1.807, 2.05) is 13.0 Å². The van der Waals surface area contributed by atoms with Crippen molar-refractivity contribution in [2.45, 2.75) is 24.9 Å². The van der Waals surface area contributed by atoms with Gasteiger partial charge in [0.25, 0.3) is 0 Å². The van der Waals surface area contributed by atoms with Gasteiger partial charge < -0.3 is 4.90 Å². The summed E-state index contributed by atoms with van der Waals surface area (Å²) in [5.74, 6) is -0.374. The molecule has 1 fully saturated rings. The molecule has 0 aromatic heterocycles. The summed E-state index contributed by atoms with van der Waals surface area (Å²) in [4.78, 5) is 14.2. The maximum absolute atomic E-state index is 12.9. The summed E-state index contributed by atoms with van der Waals surface area (Å²) in [5.41, 5.74) is 1.12. The lowest BCUT2D eigenvalue weighted by Gasteiger charge is -2.33. The molecule has 1 aliphatic rings. The summed E-state index contributed by atoms with van der Waals surface area (Å²) in [6.07, 6.45) is -1.91. The zero-order valence-corrected chi connectivity index (χ0v) is 18.0. The van der Waals surface area contributed by atoms with Crippen LogP contribution in [0.5, 0.6) is 0 Å². The van der Waals surface area contributed by atoms with Crippen molar-refractivity contribution in [3.05, 3.63) is 70.8 Å². The van der Waals surface area contributed by atoms with E-state index < -0.39 is 21.8 Å². The topological polar surface area (TPSA) is 57.7 Å². The molecule has 2 aromatic rings. The summed E-state index contributed by atoms with van der Waals surface area (Å²) in [5, 5.41) is 0. The molecule has 2 aromatic carbocycles. The van der Waals surface area contributed by atoms with Gasteiger partial charge in [-0.15, -0.1) is 0 Å². The molecule has 0 N–H and O–H groups in total. The van der Waals surface area contributed by atoms with Gasteiger partial charge in [-0.05, 0) is 49.2 Å². The molecule has 0 bridgehead atoms. The summed E-state index contributed by atoms with van der Waals surface area (Å²) < 4.78 is 65.6. The monoisotopic (exact) mass is 452 g/mol. The third kappa shape index (κ3) is 5.34. The molecule has 1 aliphatic heterocycles. The van der Waals surface area contributed by atoms with Crippen molar-refractivity contribution >= 4 is 22.0 Å². The Morgan fingerprint density at radius 2 is 1.68 bits per heavy atom. The predicted octanol–water partition coefficient (Wildman–Crippen LogP) is 3.87. The van der Waals surface area contributed by atoms with E-state index in [1.165, 1.54) is 33.5 Å². The molecule has 5 nitrogen and oxygen atoms in total. The van der Waals surface area contributed by atoms with Crippen LogP contribution in [0.25, 0.3) is 6.08 Å². The number of carbonyl (C=O) groups excluding carboxylic acids is 1. The first-order chi connectivity index (χ1) is 14.5. The minimum absolute atomic E-state index is 0.152. The normalized spacial score (nSPS) is 16.1. The fraction of sp³-hybridized carbons (Fsp3) is 0.318. The molecule has 0 radical (unpaired) electrons. The Morgan fingerprint density at radius 3 is 2.29 bits per heavy atom. The van der Waals surface area contributed by atoms with Crippen LogP contribution in [0.1, 0.15) is 22.3 Å². The van der Waals surface area contributed by atoms with Crippen molar-refractivity contribution in [2.75, 3.05) is 26.2 Å². The van der Waals surface area contributed by atoms with Gasteiger partial charge in [0, 0.05) is 32.3 Å². The molecule has 1 saturated heterocycles. The number of amides is 1. The number of hydrogen-bond donors (Lipinski definition) is 0. The smallest absolute Gasteiger partial charge is 0.337 e. The van der Waals surface area contributed by atoms with Gasteiger partial charge >= 0.3 is 6.18 Å². The summed E-state index contributed by atoms with van der Waals surface area (Å²) >= 11 is 0. The van der Waals surface area contributed by atoms with Crippen molar-refractivity contribution < 1.29 is 26.4 Å². The van der Waals surface area contributed by atoms with E-state index in [4.69, 9.17) is 0 Å². The van der Waals surface area contributed by atoms with Crippen LogP contribution in [0.3, 0.4) is 0 Å². The first-order valence-corrected chi connectivity index (χ1v) is 11.1. The second kappa shape index (κ2) is 8.84. The van der Waals surface area contributed by atoms with Gasteiger partial charge in [-0.2, -0.15) is 17.5 Å². The van der Waals surface area contributed by atoms with Crippen LogP contribution in [0.4, 0.5) is 13.2 Å². The van der Waals surface area contributed by atoms with Gasteiger partial charge in [0.1, 0.15) is 0 Å². The molecule has 0 aliphatic carbocycles. The Kier molecular flexibility index (Phi) is 6.56. The van der Waals surface area contributed by atoms with Crippen molar-refractivity contribution in [2.24, 2.45) is 0 Å². The van der Waals surface area contributed by atoms with E-state index in [0.29, 0.717) is 5.56 Å². The average Bonchev–Trinajstić information content (AvgIpc) is 2.71. The predicted molar refractivity (Wildman–Crippen MR) is 112 cm³/mol. The molecule has 0 unspecified atom stereocenters. The Bertz CT molecular complexity index is 1100. The van der Waals surface area contributed by atoms with E-state index in [1.54, 1.807) is 19.1 Å². The number of sulfonamides is 1. The van der Waals surface area contributed by atoms with Crippen molar-refractivity contribution in [3.63, 3.8) is 0 Å². The third-order valence-electron chi connectivity index (χ3n) is 5.13. The highest BCUT2D eigenvalue weighted by molar-refractivity contribution is 7.89. The highest BCUT2D eigenvalue weighted by atomic mass is 32.2. The zero-order valence-electron chi connectivity index (χ0n) is 17.2. The van der Waals surface area contributed by atoms with E-state index in [2.05, 4.69) is 0 Å². The number of alkyl halides is 3. The molecule has 0 saturated carbocycles. The fourth-order valence-electron chi connectivity index (χ4n) is 3.47. The molecule has 9 heteroatoms. The number of hydrogen-bond acceptors (Lipinski definition) is 3. The second-order valence-electron chi connectivity index (χ2n) is 7.45. The van der Waals surface area contributed by atoms with Gasteiger partial charge in [0.15, 0.2) is 0 Å². The lowest BCUT2D eigenvalue weighted by atomic mass is 10.1. The molecule has 31 heavy (non-hydrogen) atoms. The number of nitrogens with zero attached hydrogens (tertiary/aromatic N) is 2. The molecule has 166 valence electrons. The lowest BCUT2D eigenvalue weighted by Crippen LogP contribution is -2.50. The van der Waals surface area contributed by atoms with Gasteiger partial charge in [-0.1, -0.05) is 29.8 Å². The van der Waals surface area contributed by atoms with Crippen LogP contribution in [0, 0.1) is 13.8 Å². The molecular formula is C22H23F3N2O3S. The highest BCUT2D eigenvalue weighted by Crippen LogP contribution is 2.29. The minimum Gasteiger partial charge on any atom is -0.337 e. The SMILES string of the molecule is Cc1ccc(S(=O)(=O)N2CCN(C(=O)C=Cc3cccc(C(F)(F)F)c3)CC2)c(C)c1. The first-order valence-electron chi connectivity index (χ1n) is 9.70. The number of benzene rings is 2. The minimum atomic E-state index is -4.45. The number of halogens is 3. The van der Waals surface area contributed by atoms with Crippen LogP contribution >= 0.6 is 0 Å². The Labute approximate surface area is 179 Å². The summed E-state index contributed by atoms with van der Waals surface area (Å²) in [6.45, 7) is 4.35. The van der Waals surface area contributed by atoms with Crippen molar-refractivity contribution in [3.8, 4) is 0 Å². The van der Waals surface area contributed by atoms with Gasteiger partial charge in [0.2, 0.25) is 15.9 Å². The number of rotatable bonds is 4. The zero-order chi connectivity index (χ0) is 22.8. The molecule has 1 amide bonds. The van der Waals surface area contributed by atoms with Crippen LogP contribution in [0.15, 0.2) is 53.4 Å². The van der Waals surface area contributed by atoms with Crippen LogP contribution in [0.2, 0.25) is 0 Å². The number of carbonyl (C=O) groups is 1. The van der Waals surface area contributed by atoms with Crippen LogP contribution in [-0.4, -0.2) is 49.7 Å². The summed E-state index contributed by atoms with van der Waals surface area (Å²) in [7, 11) is -3.66. The molecule has 3 rings (SSSR count). The van der Waals surface area contributed by atoms with Gasteiger partial charge in [-0.3, -0.25) is 4.79 Å². The van der Waals surface area contributed by atoms with Crippen molar-refractivity contribution in [1.82, 2.24) is 9.21 Å². The molecule has 1 heterocycles. The number of aryl methyl sites for hydroxylation is 2. The Morgan fingerprint density at radius 1 is 1.00 bits per heavy atom. The fourth-order valence-corrected chi connectivity index (χ4v) is 5.10. The van der Waals surface area contributed by atoms with Gasteiger partial charge in [-0.25, -0.2) is 8.42 Å². The first kappa shape index (κ1) is 23.0. The van der Waals surface area contributed by atoms with E-state index in [-0.39, 0.29) is 42.5 Å². The largest absolute Gasteiger partial charge is 0.416 e. The van der Waals surface area contributed by atoms with E-state index >= 15 is 0 Å². The van der Waals surface area contributed by atoms with Gasteiger partial charge in [0.05, 0.1) is 10.5 Å². The maximum atomic E-state index is 12.9. The molecule has 0 spiro atoms. The van der Waals surface area contributed by atoms with Crippen molar-refractivity contribution in [1.29, 1.82) is 0 Å². The Hall–Kier alpha value is -2.65. The average molecular weight is 452 g/mol. The quantitative estimate of drug-likeness (QED) is 0.662. The maximum Gasteiger partial charge on any atom is 0.416 e. The second-order valence-corrected chi connectivity index (χ2v) is 9.36. The summed E-state index contributed by atoms with van der Waals surface area (Å²) in [6, 6.07) is 9.85. The van der Waals surface area contributed by atoms with E-state index in [0.717, 1.165) is 17.7 Å². The standard InChI is InChI=1S/C22H23F3N2O3S/c1-16-6-8-20(17(2)14-16)31(29,30)27-12-10-26(11-13-27)21(28)9-7-18-4-3-5-19(15-18)22(23,24)25/h3-9,14-15H,10-13H2,1-2H3.